The minimum atomic E-state index is -0.468. The summed E-state index contributed by atoms with van der Waals surface area (Å²) in [5, 5.41) is 0. The van der Waals surface area contributed by atoms with Gasteiger partial charge >= 0.3 is 5.97 Å². The summed E-state index contributed by atoms with van der Waals surface area (Å²) in [6, 6.07) is 7.10. The van der Waals surface area contributed by atoms with Gasteiger partial charge in [-0.25, -0.2) is 0 Å². The van der Waals surface area contributed by atoms with Crippen LogP contribution in [0.4, 0.5) is 0 Å². The number of rotatable bonds is 3. The molecule has 0 atom stereocenters. The smallest absolute Gasteiger partial charge is 0.309 e. The van der Waals surface area contributed by atoms with E-state index in [2.05, 4.69) is 9.97 Å². The van der Waals surface area contributed by atoms with Gasteiger partial charge in [-0.2, -0.15) is 4.98 Å². The van der Waals surface area contributed by atoms with Crippen LogP contribution in [0.2, 0.25) is 4.34 Å². The quantitative estimate of drug-likeness (QED) is 0.681. The molecule has 0 amide bonds. The maximum absolute atomic E-state index is 11.2. The number of esters is 1. The zero-order valence-electron chi connectivity index (χ0n) is 10.9. The molecule has 0 N–H and O–H groups in total. The van der Waals surface area contributed by atoms with Gasteiger partial charge in [-0.3, -0.25) is 9.78 Å². The second kappa shape index (κ2) is 5.67. The highest BCUT2D eigenvalue weighted by Crippen LogP contribution is 2.37. The second-order valence-corrected chi connectivity index (χ2v) is 5.81. The monoisotopic (exact) mass is 320 g/mol. The van der Waals surface area contributed by atoms with Crippen LogP contribution in [-0.4, -0.2) is 15.9 Å². The largest absolute Gasteiger partial charge is 0.431 e. The molecule has 0 unspecified atom stereocenters. The Hall–Kier alpha value is -2.18. The first-order valence-corrected chi connectivity index (χ1v) is 7.18. The first-order chi connectivity index (χ1) is 10.1. The van der Waals surface area contributed by atoms with E-state index in [4.69, 9.17) is 20.8 Å². The molecule has 5 nitrogen and oxygen atoms in total. The highest BCUT2D eigenvalue weighted by Gasteiger charge is 2.20. The zero-order valence-corrected chi connectivity index (χ0v) is 12.4. The van der Waals surface area contributed by atoms with Gasteiger partial charge in [-0.15, -0.1) is 11.3 Å². The van der Waals surface area contributed by atoms with Crippen molar-refractivity contribution in [1.29, 1.82) is 0 Å². The van der Waals surface area contributed by atoms with Crippen LogP contribution in [0.5, 0.6) is 5.88 Å². The van der Waals surface area contributed by atoms with Crippen molar-refractivity contribution in [1.82, 2.24) is 9.97 Å². The number of ether oxygens (including phenoxy) is 1. The van der Waals surface area contributed by atoms with Crippen LogP contribution in [0.15, 0.2) is 41.1 Å². The molecular weight excluding hydrogens is 312 g/mol. The molecule has 0 aliphatic heterocycles. The molecule has 0 aromatic carbocycles. The maximum atomic E-state index is 11.2. The fourth-order valence-corrected chi connectivity index (χ4v) is 2.69. The normalized spacial score (nSPS) is 10.6. The van der Waals surface area contributed by atoms with E-state index in [-0.39, 0.29) is 5.88 Å². The molecular formula is C14H9ClN2O3S. The first kappa shape index (κ1) is 13.8. The SMILES string of the molecule is CC(=O)Oc1nc(-c2ccc(Cl)s2)oc1-c1cccnc1. The number of carbonyl (C=O) groups excluding carboxylic acids is 1. The molecule has 0 saturated heterocycles. The molecule has 0 radical (unpaired) electrons. The molecule has 3 rings (SSSR count). The summed E-state index contributed by atoms with van der Waals surface area (Å²) in [6.07, 6.45) is 3.25. The lowest BCUT2D eigenvalue weighted by Crippen LogP contribution is -2.02. The fourth-order valence-electron chi connectivity index (χ4n) is 1.73. The van der Waals surface area contributed by atoms with Gasteiger partial charge < -0.3 is 9.15 Å². The Labute approximate surface area is 129 Å². The van der Waals surface area contributed by atoms with Gasteiger partial charge in [0.1, 0.15) is 0 Å². The summed E-state index contributed by atoms with van der Waals surface area (Å²) in [7, 11) is 0. The Kier molecular flexibility index (Phi) is 3.72. The summed E-state index contributed by atoms with van der Waals surface area (Å²) in [5.74, 6) is 0.360. The van der Waals surface area contributed by atoms with E-state index >= 15 is 0 Å². The Balaban J connectivity index is 2.09. The lowest BCUT2D eigenvalue weighted by Gasteiger charge is -1.99. The number of carbonyl (C=O) groups is 1. The molecule has 7 heteroatoms. The number of aromatic nitrogens is 2. The van der Waals surface area contributed by atoms with Gasteiger partial charge in [-0.1, -0.05) is 11.6 Å². The first-order valence-electron chi connectivity index (χ1n) is 5.99. The third kappa shape index (κ3) is 2.96. The van der Waals surface area contributed by atoms with Gasteiger partial charge in [0.25, 0.3) is 5.88 Å². The van der Waals surface area contributed by atoms with Gasteiger partial charge in [-0.05, 0) is 24.3 Å². The minimum absolute atomic E-state index is 0.120. The number of nitrogens with zero attached hydrogens (tertiary/aromatic N) is 2. The fraction of sp³-hybridized carbons (Fsp3) is 0.0714. The van der Waals surface area contributed by atoms with E-state index in [9.17, 15) is 4.79 Å². The summed E-state index contributed by atoms with van der Waals surface area (Å²) in [5.41, 5.74) is 0.676. The molecule has 0 fully saturated rings. The summed E-state index contributed by atoms with van der Waals surface area (Å²) < 4.78 is 11.5. The summed E-state index contributed by atoms with van der Waals surface area (Å²) in [6.45, 7) is 1.31. The van der Waals surface area contributed by atoms with Crippen LogP contribution in [0.25, 0.3) is 22.1 Å². The summed E-state index contributed by atoms with van der Waals surface area (Å²) >= 11 is 7.24. The molecule has 0 bridgehead atoms. The highest BCUT2D eigenvalue weighted by atomic mass is 35.5. The minimum Gasteiger partial charge on any atom is -0.431 e. The van der Waals surface area contributed by atoms with E-state index in [1.165, 1.54) is 18.3 Å². The topological polar surface area (TPSA) is 65.2 Å². The van der Waals surface area contributed by atoms with Crippen molar-refractivity contribution in [2.24, 2.45) is 0 Å². The lowest BCUT2D eigenvalue weighted by molar-refractivity contribution is -0.132. The van der Waals surface area contributed by atoms with Crippen LogP contribution in [0.1, 0.15) is 6.92 Å². The standard InChI is InChI=1S/C14H9ClN2O3S/c1-8(18)19-14-12(9-3-2-6-16-7-9)20-13(17-14)10-4-5-11(15)21-10/h2-7H,1H3. The van der Waals surface area contributed by atoms with Crippen molar-refractivity contribution in [2.45, 2.75) is 6.92 Å². The predicted molar refractivity (Wildman–Crippen MR) is 79.4 cm³/mol. The molecule has 3 aromatic rings. The Morgan fingerprint density at radius 1 is 1.38 bits per heavy atom. The number of halogens is 1. The van der Waals surface area contributed by atoms with Gasteiger partial charge in [0.2, 0.25) is 11.7 Å². The number of oxazole rings is 1. The molecule has 0 saturated carbocycles. The van der Waals surface area contributed by atoms with Gasteiger partial charge in [0, 0.05) is 24.9 Å². The van der Waals surface area contributed by atoms with Crippen LogP contribution in [0, 0.1) is 0 Å². The van der Waals surface area contributed by atoms with Crippen molar-refractivity contribution in [3.63, 3.8) is 0 Å². The molecule has 3 aromatic heterocycles. The van der Waals surface area contributed by atoms with Crippen LogP contribution in [0.3, 0.4) is 0 Å². The number of hydrogen-bond donors (Lipinski definition) is 0. The third-order valence-corrected chi connectivity index (χ3v) is 3.76. The van der Waals surface area contributed by atoms with Crippen molar-refractivity contribution in [2.75, 3.05) is 0 Å². The second-order valence-electron chi connectivity index (χ2n) is 4.09. The average Bonchev–Trinajstić information content (AvgIpc) is 3.06. The third-order valence-electron chi connectivity index (χ3n) is 2.54. The molecule has 0 aliphatic carbocycles. The Morgan fingerprint density at radius 3 is 2.86 bits per heavy atom. The number of hydrogen-bond acceptors (Lipinski definition) is 6. The van der Waals surface area contributed by atoms with E-state index in [0.29, 0.717) is 21.6 Å². The highest BCUT2D eigenvalue weighted by molar-refractivity contribution is 7.19. The van der Waals surface area contributed by atoms with Crippen molar-refractivity contribution >= 4 is 28.9 Å². The number of pyridine rings is 1. The predicted octanol–water partition coefficient (Wildman–Crippen LogP) is 4.04. The molecule has 21 heavy (non-hydrogen) atoms. The van der Waals surface area contributed by atoms with E-state index in [1.807, 2.05) is 0 Å². The maximum Gasteiger partial charge on any atom is 0.309 e. The van der Waals surface area contributed by atoms with Crippen molar-refractivity contribution < 1.29 is 13.9 Å². The number of thiophene rings is 1. The average molecular weight is 321 g/mol. The van der Waals surface area contributed by atoms with Gasteiger partial charge in [0.05, 0.1) is 9.21 Å². The van der Waals surface area contributed by atoms with Crippen molar-refractivity contribution in [3.8, 4) is 28.0 Å². The Morgan fingerprint density at radius 2 is 2.24 bits per heavy atom. The molecule has 3 heterocycles. The van der Waals surface area contributed by atoms with Crippen LogP contribution >= 0.6 is 22.9 Å². The van der Waals surface area contributed by atoms with E-state index < -0.39 is 5.97 Å². The van der Waals surface area contributed by atoms with Crippen LogP contribution < -0.4 is 4.74 Å². The Bertz CT molecular complexity index is 783. The molecule has 0 spiro atoms. The zero-order chi connectivity index (χ0) is 14.8. The van der Waals surface area contributed by atoms with Crippen molar-refractivity contribution in [3.05, 3.63) is 41.0 Å². The van der Waals surface area contributed by atoms with Gasteiger partial charge in [0.15, 0.2) is 0 Å². The van der Waals surface area contributed by atoms with E-state index in [1.54, 1.807) is 36.7 Å². The van der Waals surface area contributed by atoms with E-state index in [0.717, 1.165) is 4.88 Å². The summed E-state index contributed by atoms with van der Waals surface area (Å²) in [4.78, 5) is 20.2. The van der Waals surface area contributed by atoms with Crippen LogP contribution in [-0.2, 0) is 4.79 Å². The molecule has 0 aliphatic rings. The lowest BCUT2D eigenvalue weighted by atomic mass is 10.2. The molecule has 106 valence electrons.